The van der Waals surface area contributed by atoms with E-state index in [1.807, 2.05) is 31.2 Å². The molecule has 3 rings (SSSR count). The Morgan fingerprint density at radius 2 is 1.66 bits per heavy atom. The molecule has 0 fully saturated rings. The van der Waals surface area contributed by atoms with Crippen LogP contribution in [0.5, 0.6) is 0 Å². The van der Waals surface area contributed by atoms with Gasteiger partial charge in [-0.15, -0.1) is 11.3 Å². The molecule has 168 valence electrons. The van der Waals surface area contributed by atoms with Gasteiger partial charge in [0.15, 0.2) is 5.13 Å². The van der Waals surface area contributed by atoms with Gasteiger partial charge in [-0.3, -0.25) is 14.5 Å². The van der Waals surface area contributed by atoms with E-state index < -0.39 is 17.7 Å². The third-order valence-electron chi connectivity index (χ3n) is 4.66. The summed E-state index contributed by atoms with van der Waals surface area (Å²) >= 11 is 1.25. The molecule has 32 heavy (non-hydrogen) atoms. The van der Waals surface area contributed by atoms with E-state index in [0.717, 1.165) is 24.1 Å². The van der Waals surface area contributed by atoms with Crippen molar-refractivity contribution in [2.75, 3.05) is 4.90 Å². The number of amides is 1. The number of aromatic nitrogens is 1. The summed E-state index contributed by atoms with van der Waals surface area (Å²) in [6, 6.07) is 12.0. The van der Waals surface area contributed by atoms with Crippen LogP contribution in [0.15, 0.2) is 53.9 Å². The summed E-state index contributed by atoms with van der Waals surface area (Å²) in [5, 5.41) is 2.15. The van der Waals surface area contributed by atoms with Crippen molar-refractivity contribution in [1.29, 1.82) is 0 Å². The zero-order valence-electron chi connectivity index (χ0n) is 17.5. The summed E-state index contributed by atoms with van der Waals surface area (Å²) in [6.45, 7) is 3.39. The average molecular weight is 462 g/mol. The maximum atomic E-state index is 12.6. The maximum Gasteiger partial charge on any atom is 0.416 e. The van der Waals surface area contributed by atoms with Crippen molar-refractivity contribution in [2.45, 2.75) is 39.5 Å². The van der Waals surface area contributed by atoms with Gasteiger partial charge in [-0.2, -0.15) is 13.2 Å². The van der Waals surface area contributed by atoms with Crippen LogP contribution in [-0.2, 0) is 40.0 Å². The van der Waals surface area contributed by atoms with Crippen LogP contribution in [0.3, 0.4) is 0 Å². The Bertz CT molecular complexity index is 1080. The largest absolute Gasteiger partial charge is 0.459 e. The number of thiazole rings is 1. The number of rotatable bonds is 7. The van der Waals surface area contributed by atoms with Crippen LogP contribution in [0, 0.1) is 0 Å². The van der Waals surface area contributed by atoms with E-state index in [0.29, 0.717) is 22.1 Å². The molecular weight excluding hydrogens is 441 g/mol. The molecule has 1 heterocycles. The van der Waals surface area contributed by atoms with Gasteiger partial charge in [-0.1, -0.05) is 31.2 Å². The molecule has 9 heteroatoms. The molecule has 0 bridgehead atoms. The molecule has 0 aliphatic rings. The van der Waals surface area contributed by atoms with Crippen LogP contribution in [0.2, 0.25) is 0 Å². The summed E-state index contributed by atoms with van der Waals surface area (Å²) < 4.78 is 43.1. The number of nitrogens with zero attached hydrogens (tertiary/aromatic N) is 2. The number of anilines is 2. The lowest BCUT2D eigenvalue weighted by molar-refractivity contribution is -0.144. The van der Waals surface area contributed by atoms with Gasteiger partial charge >= 0.3 is 12.1 Å². The first-order chi connectivity index (χ1) is 15.2. The van der Waals surface area contributed by atoms with E-state index in [1.54, 1.807) is 5.38 Å². The molecule has 0 spiro atoms. The predicted molar refractivity (Wildman–Crippen MR) is 116 cm³/mol. The van der Waals surface area contributed by atoms with Gasteiger partial charge in [-0.05, 0) is 41.8 Å². The first-order valence-electron chi connectivity index (χ1n) is 9.83. The monoisotopic (exact) mass is 462 g/mol. The molecule has 0 aliphatic heterocycles. The maximum absolute atomic E-state index is 12.6. The number of esters is 1. The van der Waals surface area contributed by atoms with Crippen LogP contribution >= 0.6 is 11.3 Å². The minimum atomic E-state index is -4.42. The molecule has 3 aromatic rings. The van der Waals surface area contributed by atoms with E-state index in [1.165, 1.54) is 35.3 Å². The quantitative estimate of drug-likeness (QED) is 0.423. The van der Waals surface area contributed by atoms with Gasteiger partial charge < -0.3 is 4.74 Å². The van der Waals surface area contributed by atoms with Crippen molar-refractivity contribution >= 4 is 34.0 Å². The zero-order chi connectivity index (χ0) is 23.3. The number of hydrogen-bond acceptors (Lipinski definition) is 5. The second-order valence-electron chi connectivity index (χ2n) is 7.03. The molecule has 0 unspecified atom stereocenters. The number of ether oxygens (including phenoxy) is 1. The number of alkyl halides is 3. The topological polar surface area (TPSA) is 59.5 Å². The minimum Gasteiger partial charge on any atom is -0.459 e. The number of hydrogen-bond donors (Lipinski definition) is 0. The normalized spacial score (nSPS) is 11.3. The summed E-state index contributed by atoms with van der Waals surface area (Å²) in [5.41, 5.74) is 1.96. The minimum absolute atomic E-state index is 0.101. The van der Waals surface area contributed by atoms with Crippen molar-refractivity contribution in [3.05, 3.63) is 76.3 Å². The number of aryl methyl sites for hydroxylation is 1. The molecule has 0 saturated carbocycles. The van der Waals surface area contributed by atoms with Gasteiger partial charge in [0, 0.05) is 12.3 Å². The lowest BCUT2D eigenvalue weighted by Crippen LogP contribution is -2.22. The Morgan fingerprint density at radius 3 is 2.22 bits per heavy atom. The molecule has 0 radical (unpaired) electrons. The third kappa shape index (κ3) is 5.94. The van der Waals surface area contributed by atoms with Gasteiger partial charge in [-0.25, -0.2) is 4.98 Å². The van der Waals surface area contributed by atoms with Gasteiger partial charge in [0.1, 0.15) is 6.61 Å². The van der Waals surface area contributed by atoms with Crippen molar-refractivity contribution in [1.82, 2.24) is 4.98 Å². The van der Waals surface area contributed by atoms with Gasteiger partial charge in [0.05, 0.1) is 23.4 Å². The fourth-order valence-corrected chi connectivity index (χ4v) is 3.83. The highest BCUT2D eigenvalue weighted by molar-refractivity contribution is 7.14. The lowest BCUT2D eigenvalue weighted by Gasteiger charge is -2.18. The smallest absolute Gasteiger partial charge is 0.416 e. The van der Waals surface area contributed by atoms with Crippen molar-refractivity contribution in [3.63, 3.8) is 0 Å². The first-order valence-corrected chi connectivity index (χ1v) is 10.7. The zero-order valence-corrected chi connectivity index (χ0v) is 18.3. The van der Waals surface area contributed by atoms with Crippen LogP contribution in [0.1, 0.15) is 36.2 Å². The highest BCUT2D eigenvalue weighted by atomic mass is 32.1. The number of carbonyl (C=O) groups excluding carboxylic acids is 2. The Hall–Kier alpha value is -3.20. The summed E-state index contributed by atoms with van der Waals surface area (Å²) in [5.74, 6) is -0.785. The SMILES string of the molecule is CCc1ccc(N(C(C)=O)c2nc(COC(=O)Cc3ccc(C(F)(F)F)cc3)cs2)cc1. The molecule has 1 amide bonds. The highest BCUT2D eigenvalue weighted by Crippen LogP contribution is 2.30. The number of benzene rings is 2. The molecule has 1 aromatic heterocycles. The number of halogens is 3. The van der Waals surface area contributed by atoms with E-state index in [2.05, 4.69) is 4.98 Å². The van der Waals surface area contributed by atoms with Crippen LogP contribution in [0.25, 0.3) is 0 Å². The summed E-state index contributed by atoms with van der Waals surface area (Å²) in [6.07, 6.45) is -3.69. The molecular formula is C23H21F3N2O3S. The van der Waals surface area contributed by atoms with E-state index >= 15 is 0 Å². The standard InChI is InChI=1S/C23H21F3N2O3S/c1-3-16-6-10-20(11-7-16)28(15(2)29)22-27-19(14-32-22)13-31-21(30)12-17-4-8-18(9-5-17)23(24,25)26/h4-11,14H,3,12-13H2,1-2H3. The lowest BCUT2D eigenvalue weighted by atomic mass is 10.1. The molecule has 0 N–H and O–H groups in total. The van der Waals surface area contributed by atoms with Gasteiger partial charge in [0.25, 0.3) is 0 Å². The fraction of sp³-hybridized carbons (Fsp3) is 0.261. The van der Waals surface area contributed by atoms with Crippen LogP contribution in [-0.4, -0.2) is 16.9 Å². The average Bonchev–Trinajstić information content (AvgIpc) is 3.21. The number of carbonyl (C=O) groups is 2. The highest BCUT2D eigenvalue weighted by Gasteiger charge is 2.30. The van der Waals surface area contributed by atoms with E-state index in [-0.39, 0.29) is 18.9 Å². The summed E-state index contributed by atoms with van der Waals surface area (Å²) in [4.78, 5) is 30.1. The Kier molecular flexibility index (Phi) is 7.29. The second-order valence-corrected chi connectivity index (χ2v) is 7.86. The Morgan fingerprint density at radius 1 is 1.03 bits per heavy atom. The van der Waals surface area contributed by atoms with Crippen molar-refractivity contribution < 1.29 is 27.5 Å². The molecule has 0 saturated heterocycles. The van der Waals surface area contributed by atoms with E-state index in [4.69, 9.17) is 4.74 Å². The molecule has 0 atom stereocenters. The fourth-order valence-electron chi connectivity index (χ4n) is 2.96. The predicted octanol–water partition coefficient (Wildman–Crippen LogP) is 5.69. The Balaban J connectivity index is 1.61. The van der Waals surface area contributed by atoms with Crippen molar-refractivity contribution in [2.24, 2.45) is 0 Å². The second kappa shape index (κ2) is 9.95. The molecule has 0 aliphatic carbocycles. The molecule has 5 nitrogen and oxygen atoms in total. The van der Waals surface area contributed by atoms with Crippen LogP contribution in [0.4, 0.5) is 24.0 Å². The van der Waals surface area contributed by atoms with Gasteiger partial charge in [0.2, 0.25) is 5.91 Å². The van der Waals surface area contributed by atoms with Crippen LogP contribution < -0.4 is 4.90 Å². The van der Waals surface area contributed by atoms with Crippen molar-refractivity contribution in [3.8, 4) is 0 Å². The summed E-state index contributed by atoms with van der Waals surface area (Å²) in [7, 11) is 0. The Labute approximate surface area is 187 Å². The first kappa shape index (κ1) is 23.5. The van der Waals surface area contributed by atoms with E-state index in [9.17, 15) is 22.8 Å². The molecule has 2 aromatic carbocycles. The third-order valence-corrected chi connectivity index (χ3v) is 5.53.